The first-order valence-corrected chi connectivity index (χ1v) is 6.55. The van der Waals surface area contributed by atoms with E-state index in [9.17, 15) is 14.9 Å². The van der Waals surface area contributed by atoms with E-state index in [1.165, 1.54) is 4.68 Å². The van der Waals surface area contributed by atoms with Crippen LogP contribution in [-0.4, -0.2) is 32.3 Å². The van der Waals surface area contributed by atoms with E-state index in [0.717, 1.165) is 0 Å². The highest BCUT2D eigenvalue weighted by Crippen LogP contribution is 2.28. The molecule has 0 saturated heterocycles. The van der Waals surface area contributed by atoms with Gasteiger partial charge in [0.25, 0.3) is 0 Å². The number of aliphatic carboxylic acids is 1. The molecule has 1 unspecified atom stereocenters. The lowest BCUT2D eigenvalue weighted by atomic mass is 10.1. The fourth-order valence-corrected chi connectivity index (χ4v) is 1.94. The van der Waals surface area contributed by atoms with Gasteiger partial charge in [0.2, 0.25) is 5.82 Å². The Bertz CT molecular complexity index is 498. The third kappa shape index (κ3) is 3.69. The van der Waals surface area contributed by atoms with Crippen LogP contribution < -0.4 is 5.32 Å². The van der Waals surface area contributed by atoms with Crippen molar-refractivity contribution in [3.05, 3.63) is 15.8 Å². The minimum Gasteiger partial charge on any atom is -0.481 e. The molecule has 1 rings (SSSR count). The largest absolute Gasteiger partial charge is 0.481 e. The Balaban J connectivity index is 2.66. The summed E-state index contributed by atoms with van der Waals surface area (Å²) in [5.74, 6) is -0.871. The van der Waals surface area contributed by atoms with Crippen molar-refractivity contribution >= 4 is 17.5 Å². The van der Waals surface area contributed by atoms with Crippen molar-refractivity contribution in [3.63, 3.8) is 0 Å². The zero-order valence-electron chi connectivity index (χ0n) is 11.9. The number of aromatic nitrogens is 2. The Labute approximate surface area is 116 Å². The van der Waals surface area contributed by atoms with Gasteiger partial charge in [-0.1, -0.05) is 13.8 Å². The van der Waals surface area contributed by atoms with E-state index in [0.29, 0.717) is 37.3 Å². The average molecular weight is 284 g/mol. The predicted molar refractivity (Wildman–Crippen MR) is 73.8 cm³/mol. The molecular weight excluding hydrogens is 264 g/mol. The zero-order chi connectivity index (χ0) is 15.3. The molecule has 1 atom stereocenters. The smallest absolute Gasteiger partial charge is 0.333 e. The van der Waals surface area contributed by atoms with Gasteiger partial charge < -0.3 is 10.4 Å². The quantitative estimate of drug-likeness (QED) is 0.428. The van der Waals surface area contributed by atoms with E-state index >= 15 is 0 Å². The molecular formula is C12H20N4O4. The number of rotatable bonds is 8. The normalized spacial score (nSPS) is 12.2. The molecule has 8 heteroatoms. The number of anilines is 1. The van der Waals surface area contributed by atoms with Gasteiger partial charge in [-0.2, -0.15) is 5.10 Å². The minimum atomic E-state index is -0.829. The summed E-state index contributed by atoms with van der Waals surface area (Å²) < 4.78 is 1.46. The molecule has 0 saturated carbocycles. The van der Waals surface area contributed by atoms with Crippen LogP contribution in [0.5, 0.6) is 0 Å². The monoisotopic (exact) mass is 284 g/mol. The van der Waals surface area contributed by atoms with Crippen molar-refractivity contribution < 1.29 is 14.8 Å². The summed E-state index contributed by atoms with van der Waals surface area (Å²) in [7, 11) is 1.65. The van der Waals surface area contributed by atoms with Crippen LogP contribution >= 0.6 is 0 Å². The highest BCUT2D eigenvalue weighted by atomic mass is 16.6. The molecule has 0 aliphatic heterocycles. The molecule has 0 aliphatic rings. The van der Waals surface area contributed by atoms with Crippen molar-refractivity contribution in [1.29, 1.82) is 0 Å². The molecule has 20 heavy (non-hydrogen) atoms. The van der Waals surface area contributed by atoms with Crippen LogP contribution in [0.4, 0.5) is 11.5 Å². The SMILES string of the molecule is CCc1nn(C)c(NCCCC(C)C(=O)O)c1[N+](=O)[O-]. The Morgan fingerprint density at radius 3 is 2.75 bits per heavy atom. The van der Waals surface area contributed by atoms with E-state index in [1.54, 1.807) is 14.0 Å². The van der Waals surface area contributed by atoms with Crippen molar-refractivity contribution in [2.75, 3.05) is 11.9 Å². The van der Waals surface area contributed by atoms with Crippen molar-refractivity contribution in [2.24, 2.45) is 13.0 Å². The van der Waals surface area contributed by atoms with Gasteiger partial charge in [-0.3, -0.25) is 14.9 Å². The number of carboxylic acids is 1. The van der Waals surface area contributed by atoms with Gasteiger partial charge in [0.1, 0.15) is 5.69 Å². The summed E-state index contributed by atoms with van der Waals surface area (Å²) in [4.78, 5) is 21.3. The lowest BCUT2D eigenvalue weighted by Crippen LogP contribution is -2.13. The maximum Gasteiger partial charge on any atom is 0.333 e. The highest BCUT2D eigenvalue weighted by Gasteiger charge is 2.25. The van der Waals surface area contributed by atoms with Crippen LogP contribution in [0.1, 0.15) is 32.4 Å². The van der Waals surface area contributed by atoms with Crippen LogP contribution in [0.15, 0.2) is 0 Å². The van der Waals surface area contributed by atoms with Gasteiger partial charge in [-0.25, -0.2) is 4.68 Å². The second-order valence-electron chi connectivity index (χ2n) is 4.69. The molecule has 0 aliphatic carbocycles. The molecule has 112 valence electrons. The lowest BCUT2D eigenvalue weighted by molar-refractivity contribution is -0.384. The minimum absolute atomic E-state index is 0.00119. The van der Waals surface area contributed by atoms with Gasteiger partial charge in [-0.15, -0.1) is 0 Å². The fourth-order valence-electron chi connectivity index (χ4n) is 1.94. The van der Waals surface area contributed by atoms with E-state index < -0.39 is 16.8 Å². The van der Waals surface area contributed by atoms with Crippen molar-refractivity contribution in [1.82, 2.24) is 9.78 Å². The second-order valence-corrected chi connectivity index (χ2v) is 4.69. The Morgan fingerprint density at radius 2 is 2.25 bits per heavy atom. The fraction of sp³-hybridized carbons (Fsp3) is 0.667. The molecule has 0 spiro atoms. The summed E-state index contributed by atoms with van der Waals surface area (Å²) in [5.41, 5.74) is 0.445. The number of hydrogen-bond donors (Lipinski definition) is 2. The third-order valence-electron chi connectivity index (χ3n) is 3.14. The van der Waals surface area contributed by atoms with Gasteiger partial charge in [0, 0.05) is 13.6 Å². The molecule has 0 fully saturated rings. The van der Waals surface area contributed by atoms with Crippen LogP contribution in [-0.2, 0) is 18.3 Å². The molecule has 1 heterocycles. The summed E-state index contributed by atoms with van der Waals surface area (Å²) >= 11 is 0. The highest BCUT2D eigenvalue weighted by molar-refractivity contribution is 5.69. The third-order valence-corrected chi connectivity index (χ3v) is 3.14. The number of nitro groups is 1. The maximum atomic E-state index is 11.1. The average Bonchev–Trinajstić information content (AvgIpc) is 2.70. The summed E-state index contributed by atoms with van der Waals surface area (Å²) in [6.45, 7) is 3.93. The maximum absolute atomic E-state index is 11.1. The standard InChI is InChI=1S/C12H20N4O4/c1-4-9-10(16(19)20)11(15(3)14-9)13-7-5-6-8(2)12(17)18/h8,13H,4-7H2,1-3H3,(H,17,18). The molecule has 0 radical (unpaired) electrons. The van der Waals surface area contributed by atoms with Crippen LogP contribution in [0, 0.1) is 16.0 Å². The van der Waals surface area contributed by atoms with E-state index in [4.69, 9.17) is 5.11 Å². The number of nitrogens with one attached hydrogen (secondary N) is 1. The van der Waals surface area contributed by atoms with Crippen LogP contribution in [0.2, 0.25) is 0 Å². The topological polar surface area (TPSA) is 110 Å². The lowest BCUT2D eigenvalue weighted by Gasteiger charge is -2.08. The van der Waals surface area contributed by atoms with E-state index in [2.05, 4.69) is 10.4 Å². The van der Waals surface area contributed by atoms with Crippen LogP contribution in [0.3, 0.4) is 0 Å². The van der Waals surface area contributed by atoms with Crippen molar-refractivity contribution in [2.45, 2.75) is 33.1 Å². The predicted octanol–water partition coefficient (Wildman–Crippen LogP) is 1.80. The Hall–Kier alpha value is -2.12. The second kappa shape index (κ2) is 6.88. The number of hydrogen-bond acceptors (Lipinski definition) is 5. The van der Waals surface area contributed by atoms with Gasteiger partial charge >= 0.3 is 11.7 Å². The van der Waals surface area contributed by atoms with Gasteiger partial charge in [0.15, 0.2) is 0 Å². The molecule has 0 bridgehead atoms. The number of aryl methyl sites for hydroxylation is 2. The van der Waals surface area contributed by atoms with Crippen LogP contribution in [0.25, 0.3) is 0 Å². The van der Waals surface area contributed by atoms with E-state index in [1.807, 2.05) is 6.92 Å². The first kappa shape index (κ1) is 15.9. The van der Waals surface area contributed by atoms with Gasteiger partial charge in [0.05, 0.1) is 10.8 Å². The first-order chi connectivity index (χ1) is 9.38. The molecule has 8 nitrogen and oxygen atoms in total. The number of nitrogens with zero attached hydrogens (tertiary/aromatic N) is 3. The first-order valence-electron chi connectivity index (χ1n) is 6.55. The summed E-state index contributed by atoms with van der Waals surface area (Å²) in [5, 5.41) is 26.9. The molecule has 0 amide bonds. The van der Waals surface area contributed by atoms with E-state index in [-0.39, 0.29) is 5.69 Å². The molecule has 1 aromatic rings. The Morgan fingerprint density at radius 1 is 1.60 bits per heavy atom. The molecule has 0 aromatic carbocycles. The number of carboxylic acid groups (broad SMARTS) is 1. The van der Waals surface area contributed by atoms with Gasteiger partial charge in [-0.05, 0) is 19.3 Å². The Kier molecular flexibility index (Phi) is 5.48. The molecule has 1 aromatic heterocycles. The summed E-state index contributed by atoms with van der Waals surface area (Å²) in [6.07, 6.45) is 1.63. The zero-order valence-corrected chi connectivity index (χ0v) is 11.9. The number of carbonyl (C=O) groups is 1. The summed E-state index contributed by atoms with van der Waals surface area (Å²) in [6, 6.07) is 0. The molecule has 2 N–H and O–H groups in total. The van der Waals surface area contributed by atoms with Crippen molar-refractivity contribution in [3.8, 4) is 0 Å².